The quantitative estimate of drug-likeness (QED) is 0.493. The van der Waals surface area contributed by atoms with Crippen LogP contribution in [0, 0.1) is 0 Å². The van der Waals surface area contributed by atoms with E-state index in [-0.39, 0.29) is 11.3 Å². The lowest BCUT2D eigenvalue weighted by atomic mass is 10.1. The largest absolute Gasteiger partial charge is 0.370 e. The summed E-state index contributed by atoms with van der Waals surface area (Å²) in [5.41, 5.74) is 6.49. The van der Waals surface area contributed by atoms with Crippen LogP contribution < -0.4 is 10.6 Å². The minimum atomic E-state index is -3.96. The number of aromatic nitrogens is 2. The van der Waals surface area contributed by atoms with E-state index in [4.69, 9.17) is 5.73 Å². The number of carbonyl (C=O) groups excluding carboxylic acids is 1. The zero-order valence-electron chi connectivity index (χ0n) is 16.5. The highest BCUT2D eigenvalue weighted by molar-refractivity contribution is 7.90. The SMILES string of the molecule is CCN(CCC(N)=O)c1cccc2cnn(S(=O)(=O)c3cccc4ccccc34)c12. The highest BCUT2D eigenvalue weighted by Gasteiger charge is 2.25. The molecule has 1 aromatic heterocycles. The van der Waals surface area contributed by atoms with E-state index in [2.05, 4.69) is 5.10 Å². The molecule has 0 aliphatic rings. The van der Waals surface area contributed by atoms with Crippen LogP contribution in [0.2, 0.25) is 0 Å². The molecule has 1 amide bonds. The zero-order chi connectivity index (χ0) is 21.3. The molecule has 30 heavy (non-hydrogen) atoms. The summed E-state index contributed by atoms with van der Waals surface area (Å²) in [6.07, 6.45) is 1.72. The normalized spacial score (nSPS) is 11.8. The zero-order valence-corrected chi connectivity index (χ0v) is 17.3. The van der Waals surface area contributed by atoms with E-state index >= 15 is 0 Å². The fraction of sp³-hybridized carbons (Fsp3) is 0.182. The van der Waals surface area contributed by atoms with E-state index in [0.29, 0.717) is 35.1 Å². The number of hydrogen-bond acceptors (Lipinski definition) is 5. The Hall–Kier alpha value is -3.39. The summed E-state index contributed by atoms with van der Waals surface area (Å²) in [6, 6.07) is 18.1. The molecule has 0 unspecified atom stereocenters. The summed E-state index contributed by atoms with van der Waals surface area (Å²) in [7, 11) is -3.96. The second-order valence-corrected chi connectivity index (χ2v) is 8.72. The summed E-state index contributed by atoms with van der Waals surface area (Å²) in [5.74, 6) is -0.405. The van der Waals surface area contributed by atoms with Gasteiger partial charge in [0.2, 0.25) is 5.91 Å². The fourth-order valence-electron chi connectivity index (χ4n) is 3.68. The van der Waals surface area contributed by atoms with Crippen molar-refractivity contribution >= 4 is 43.3 Å². The van der Waals surface area contributed by atoms with Crippen LogP contribution in [0.1, 0.15) is 13.3 Å². The summed E-state index contributed by atoms with van der Waals surface area (Å²) >= 11 is 0. The molecular weight excluding hydrogens is 400 g/mol. The number of benzene rings is 3. The van der Waals surface area contributed by atoms with E-state index in [9.17, 15) is 13.2 Å². The van der Waals surface area contributed by atoms with Gasteiger partial charge in [0.1, 0.15) is 5.52 Å². The highest BCUT2D eigenvalue weighted by atomic mass is 32.2. The Bertz CT molecular complexity index is 1340. The van der Waals surface area contributed by atoms with E-state index < -0.39 is 15.9 Å². The Morgan fingerprint density at radius 1 is 1.03 bits per heavy atom. The molecule has 0 fully saturated rings. The molecule has 0 saturated carbocycles. The summed E-state index contributed by atoms with van der Waals surface area (Å²) in [4.78, 5) is 13.4. The number of nitrogens with zero attached hydrogens (tertiary/aromatic N) is 3. The maximum absolute atomic E-state index is 13.7. The van der Waals surface area contributed by atoms with Crippen molar-refractivity contribution in [3.8, 4) is 0 Å². The van der Waals surface area contributed by atoms with Crippen molar-refractivity contribution in [2.45, 2.75) is 18.2 Å². The Balaban J connectivity index is 1.92. The van der Waals surface area contributed by atoms with Crippen molar-refractivity contribution in [2.24, 2.45) is 5.73 Å². The number of nitrogens with two attached hydrogens (primary N) is 1. The lowest BCUT2D eigenvalue weighted by molar-refractivity contribution is -0.117. The molecule has 0 saturated heterocycles. The predicted octanol–water partition coefficient (Wildman–Crippen LogP) is 3.13. The number of hydrogen-bond donors (Lipinski definition) is 1. The van der Waals surface area contributed by atoms with Crippen molar-refractivity contribution in [3.05, 3.63) is 66.9 Å². The molecule has 154 valence electrons. The molecule has 0 spiro atoms. The minimum absolute atomic E-state index is 0.175. The van der Waals surface area contributed by atoms with Gasteiger partial charge in [0.15, 0.2) is 0 Å². The molecule has 0 radical (unpaired) electrons. The second-order valence-electron chi connectivity index (χ2n) is 6.98. The third kappa shape index (κ3) is 3.39. The van der Waals surface area contributed by atoms with E-state index in [1.807, 2.05) is 54.3 Å². The first-order valence-corrected chi connectivity index (χ1v) is 11.1. The van der Waals surface area contributed by atoms with Crippen molar-refractivity contribution in [3.63, 3.8) is 0 Å². The Morgan fingerprint density at radius 2 is 1.73 bits per heavy atom. The topological polar surface area (TPSA) is 98.3 Å². The monoisotopic (exact) mass is 422 g/mol. The van der Waals surface area contributed by atoms with Crippen LogP contribution in [0.5, 0.6) is 0 Å². The average Bonchev–Trinajstić information content (AvgIpc) is 3.19. The maximum Gasteiger partial charge on any atom is 0.284 e. The van der Waals surface area contributed by atoms with Gasteiger partial charge < -0.3 is 10.6 Å². The lowest BCUT2D eigenvalue weighted by Gasteiger charge is -2.24. The molecule has 0 aliphatic heterocycles. The molecule has 0 bridgehead atoms. The van der Waals surface area contributed by atoms with Crippen LogP contribution in [0.4, 0.5) is 5.69 Å². The highest BCUT2D eigenvalue weighted by Crippen LogP contribution is 2.31. The van der Waals surface area contributed by atoms with Gasteiger partial charge in [0, 0.05) is 30.3 Å². The first kappa shape index (κ1) is 19.9. The molecule has 2 N–H and O–H groups in total. The van der Waals surface area contributed by atoms with Gasteiger partial charge in [-0.3, -0.25) is 4.79 Å². The summed E-state index contributed by atoms with van der Waals surface area (Å²) < 4.78 is 28.4. The molecule has 4 rings (SSSR count). The third-order valence-electron chi connectivity index (χ3n) is 5.14. The van der Waals surface area contributed by atoms with Gasteiger partial charge in [-0.05, 0) is 24.4 Å². The number of fused-ring (bicyclic) bond motifs is 2. The standard InChI is InChI=1S/C22H22N4O3S/c1-2-25(14-13-21(23)27)19-11-5-9-17-15-24-26(22(17)19)30(28,29)20-12-6-8-16-7-3-4-10-18(16)20/h3-12,15H,2,13-14H2,1H3,(H2,23,27). The number of primary amides is 1. The van der Waals surface area contributed by atoms with Gasteiger partial charge >= 0.3 is 0 Å². The first-order chi connectivity index (χ1) is 14.4. The predicted molar refractivity (Wildman–Crippen MR) is 118 cm³/mol. The van der Waals surface area contributed by atoms with Crippen molar-refractivity contribution in [2.75, 3.05) is 18.0 Å². The molecular formula is C22H22N4O3S. The summed E-state index contributed by atoms with van der Waals surface area (Å²) in [5, 5.41) is 6.42. The Kier molecular flexibility index (Phi) is 5.17. The smallest absolute Gasteiger partial charge is 0.284 e. The molecule has 1 heterocycles. The lowest BCUT2D eigenvalue weighted by Crippen LogP contribution is -2.28. The maximum atomic E-state index is 13.7. The van der Waals surface area contributed by atoms with Gasteiger partial charge in [-0.2, -0.15) is 17.6 Å². The Morgan fingerprint density at radius 3 is 2.50 bits per heavy atom. The van der Waals surface area contributed by atoms with Crippen LogP contribution in [0.3, 0.4) is 0 Å². The van der Waals surface area contributed by atoms with Crippen molar-refractivity contribution in [1.82, 2.24) is 9.19 Å². The molecule has 3 aromatic carbocycles. The number of carbonyl (C=O) groups is 1. The van der Waals surface area contributed by atoms with Gasteiger partial charge in [-0.15, -0.1) is 0 Å². The van der Waals surface area contributed by atoms with Gasteiger partial charge in [-0.1, -0.05) is 48.5 Å². The average molecular weight is 423 g/mol. The number of anilines is 1. The van der Waals surface area contributed by atoms with Crippen LogP contribution in [0.25, 0.3) is 21.7 Å². The number of para-hydroxylation sites is 1. The van der Waals surface area contributed by atoms with Crippen LogP contribution in [-0.4, -0.2) is 36.6 Å². The number of amides is 1. The summed E-state index contributed by atoms with van der Waals surface area (Å²) in [6.45, 7) is 2.93. The van der Waals surface area contributed by atoms with Gasteiger partial charge in [0.25, 0.3) is 10.0 Å². The molecule has 0 atom stereocenters. The first-order valence-electron chi connectivity index (χ1n) is 9.67. The minimum Gasteiger partial charge on any atom is -0.370 e. The number of rotatable bonds is 7. The van der Waals surface area contributed by atoms with Crippen molar-refractivity contribution < 1.29 is 13.2 Å². The van der Waals surface area contributed by atoms with E-state index in [1.165, 1.54) is 0 Å². The molecule has 7 nitrogen and oxygen atoms in total. The van der Waals surface area contributed by atoms with Gasteiger partial charge in [0.05, 0.1) is 16.8 Å². The third-order valence-corrected chi connectivity index (χ3v) is 6.79. The molecule has 4 aromatic rings. The van der Waals surface area contributed by atoms with Crippen molar-refractivity contribution in [1.29, 1.82) is 0 Å². The van der Waals surface area contributed by atoms with Gasteiger partial charge in [-0.25, -0.2) is 0 Å². The van der Waals surface area contributed by atoms with E-state index in [1.54, 1.807) is 24.4 Å². The van der Waals surface area contributed by atoms with Crippen LogP contribution >= 0.6 is 0 Å². The molecule has 0 aliphatic carbocycles. The molecule has 8 heteroatoms. The Labute approximate surface area is 174 Å². The van der Waals surface area contributed by atoms with Crippen LogP contribution in [0.15, 0.2) is 71.8 Å². The van der Waals surface area contributed by atoms with E-state index in [0.717, 1.165) is 9.47 Å². The fourth-order valence-corrected chi connectivity index (χ4v) is 5.19. The van der Waals surface area contributed by atoms with Crippen LogP contribution in [-0.2, 0) is 14.8 Å². The second kappa shape index (κ2) is 7.79.